The normalized spacial score (nSPS) is 11.3. The smallest absolute Gasteiger partial charge is 0.0947 e. The Morgan fingerprint density at radius 2 is 1.67 bits per heavy atom. The molecule has 2 aromatic carbocycles. The molecule has 0 saturated carbocycles. The van der Waals surface area contributed by atoms with Crippen molar-refractivity contribution in [1.82, 2.24) is 9.97 Å². The molecular weight excluding hydrogens is 260 g/mol. The minimum Gasteiger partial charge on any atom is -0.390 e. The highest BCUT2D eigenvalue weighted by molar-refractivity contribution is 6.11. The maximum atomic E-state index is 9.51. The number of rotatable bonds is 2. The van der Waals surface area contributed by atoms with Crippen molar-refractivity contribution in [3.63, 3.8) is 0 Å². The first-order chi connectivity index (χ1) is 10.4. The molecule has 0 atom stereocenters. The van der Waals surface area contributed by atoms with Gasteiger partial charge in [0.1, 0.15) is 0 Å². The van der Waals surface area contributed by atoms with E-state index in [2.05, 4.69) is 22.1 Å². The van der Waals surface area contributed by atoms with E-state index in [1.807, 2.05) is 48.5 Å². The molecular formula is C18H14N2O. The average Bonchev–Trinajstić information content (AvgIpc) is 2.93. The molecule has 0 fully saturated rings. The van der Waals surface area contributed by atoms with Gasteiger partial charge in [-0.2, -0.15) is 0 Å². The highest BCUT2D eigenvalue weighted by Gasteiger charge is 2.12. The van der Waals surface area contributed by atoms with E-state index in [1.54, 1.807) is 0 Å². The van der Waals surface area contributed by atoms with Crippen molar-refractivity contribution in [2.45, 2.75) is 6.61 Å². The lowest BCUT2D eigenvalue weighted by atomic mass is 10.1. The standard InChI is InChI=1S/C18H14N2O/c21-11-13-10-15-14-8-4-5-9-16(14)20-18(15)17(19-13)12-6-2-1-3-7-12/h1-10,20-21H,11H2. The van der Waals surface area contributed by atoms with E-state index in [0.29, 0.717) is 5.69 Å². The third kappa shape index (κ3) is 1.90. The molecule has 4 aromatic rings. The van der Waals surface area contributed by atoms with Gasteiger partial charge in [-0.15, -0.1) is 0 Å². The first-order valence-electron chi connectivity index (χ1n) is 6.93. The Kier molecular flexibility index (Phi) is 2.72. The predicted octanol–water partition coefficient (Wildman–Crippen LogP) is 3.88. The number of para-hydroxylation sites is 1. The van der Waals surface area contributed by atoms with Crippen molar-refractivity contribution in [3.8, 4) is 11.3 Å². The van der Waals surface area contributed by atoms with Crippen LogP contribution in [0.4, 0.5) is 0 Å². The summed E-state index contributed by atoms with van der Waals surface area (Å²) in [6.07, 6.45) is 0. The SMILES string of the molecule is OCc1cc2c([nH]c3ccccc32)c(-c2ccccc2)n1. The summed E-state index contributed by atoms with van der Waals surface area (Å²) in [7, 11) is 0. The lowest BCUT2D eigenvalue weighted by molar-refractivity contribution is 0.277. The predicted molar refractivity (Wildman–Crippen MR) is 85.0 cm³/mol. The van der Waals surface area contributed by atoms with E-state index in [4.69, 9.17) is 0 Å². The summed E-state index contributed by atoms with van der Waals surface area (Å²) in [5.74, 6) is 0. The van der Waals surface area contributed by atoms with E-state index in [0.717, 1.165) is 33.1 Å². The molecule has 0 spiro atoms. The number of hydrogen-bond acceptors (Lipinski definition) is 2. The van der Waals surface area contributed by atoms with Crippen molar-refractivity contribution in [2.24, 2.45) is 0 Å². The molecule has 4 rings (SSSR count). The molecule has 3 nitrogen and oxygen atoms in total. The van der Waals surface area contributed by atoms with Crippen LogP contribution in [-0.4, -0.2) is 15.1 Å². The fourth-order valence-electron chi connectivity index (χ4n) is 2.78. The molecule has 0 bridgehead atoms. The van der Waals surface area contributed by atoms with Crippen LogP contribution in [0.1, 0.15) is 5.69 Å². The van der Waals surface area contributed by atoms with Gasteiger partial charge in [-0.25, -0.2) is 4.98 Å². The van der Waals surface area contributed by atoms with Gasteiger partial charge < -0.3 is 10.1 Å². The minimum atomic E-state index is -0.0602. The van der Waals surface area contributed by atoms with Gasteiger partial charge in [0.05, 0.1) is 23.5 Å². The molecule has 2 N–H and O–H groups in total. The van der Waals surface area contributed by atoms with Crippen molar-refractivity contribution in [3.05, 3.63) is 66.4 Å². The first kappa shape index (κ1) is 12.1. The Morgan fingerprint density at radius 3 is 2.48 bits per heavy atom. The Morgan fingerprint density at radius 1 is 0.905 bits per heavy atom. The molecule has 0 radical (unpaired) electrons. The molecule has 2 aromatic heterocycles. The molecule has 102 valence electrons. The van der Waals surface area contributed by atoms with Gasteiger partial charge in [-0.1, -0.05) is 48.5 Å². The zero-order valence-corrected chi connectivity index (χ0v) is 11.4. The Bertz CT molecular complexity index is 926. The third-order valence-electron chi connectivity index (χ3n) is 3.76. The molecule has 0 amide bonds. The summed E-state index contributed by atoms with van der Waals surface area (Å²) < 4.78 is 0. The topological polar surface area (TPSA) is 48.9 Å². The van der Waals surface area contributed by atoms with Crippen LogP contribution >= 0.6 is 0 Å². The summed E-state index contributed by atoms with van der Waals surface area (Å²) in [5, 5.41) is 11.8. The fraction of sp³-hybridized carbons (Fsp3) is 0.0556. The lowest BCUT2D eigenvalue weighted by Gasteiger charge is -2.05. The number of aromatic nitrogens is 2. The van der Waals surface area contributed by atoms with Gasteiger partial charge in [0.2, 0.25) is 0 Å². The Labute approximate surface area is 121 Å². The van der Waals surface area contributed by atoms with Gasteiger partial charge in [0.15, 0.2) is 0 Å². The second kappa shape index (κ2) is 4.72. The number of aromatic amines is 1. The zero-order chi connectivity index (χ0) is 14.2. The molecule has 0 aliphatic carbocycles. The summed E-state index contributed by atoms with van der Waals surface area (Å²) in [4.78, 5) is 8.06. The summed E-state index contributed by atoms with van der Waals surface area (Å²) in [6.45, 7) is -0.0602. The van der Waals surface area contributed by atoms with E-state index in [9.17, 15) is 5.11 Å². The maximum absolute atomic E-state index is 9.51. The number of nitrogens with zero attached hydrogens (tertiary/aromatic N) is 1. The number of hydrogen-bond donors (Lipinski definition) is 2. The van der Waals surface area contributed by atoms with Crippen molar-refractivity contribution in [2.75, 3.05) is 0 Å². The number of aliphatic hydroxyl groups excluding tert-OH is 1. The number of benzene rings is 2. The Balaban J connectivity index is 2.14. The van der Waals surface area contributed by atoms with Crippen LogP contribution in [0, 0.1) is 0 Å². The summed E-state index contributed by atoms with van der Waals surface area (Å²) in [5.41, 5.74) is 4.71. The van der Waals surface area contributed by atoms with Crippen LogP contribution in [0.2, 0.25) is 0 Å². The number of aliphatic hydroxyl groups is 1. The fourth-order valence-corrected chi connectivity index (χ4v) is 2.78. The van der Waals surface area contributed by atoms with E-state index in [1.165, 1.54) is 0 Å². The number of H-pyrrole nitrogens is 1. The Hall–Kier alpha value is -2.65. The summed E-state index contributed by atoms with van der Waals surface area (Å²) in [6, 6.07) is 20.2. The summed E-state index contributed by atoms with van der Waals surface area (Å²) >= 11 is 0. The average molecular weight is 274 g/mol. The van der Waals surface area contributed by atoms with Gasteiger partial charge in [-0.05, 0) is 12.1 Å². The van der Waals surface area contributed by atoms with E-state index >= 15 is 0 Å². The van der Waals surface area contributed by atoms with Gasteiger partial charge in [0.25, 0.3) is 0 Å². The second-order valence-electron chi connectivity index (χ2n) is 5.08. The second-order valence-corrected chi connectivity index (χ2v) is 5.08. The van der Waals surface area contributed by atoms with Crippen molar-refractivity contribution in [1.29, 1.82) is 0 Å². The quantitative estimate of drug-likeness (QED) is 0.583. The number of fused-ring (bicyclic) bond motifs is 3. The van der Waals surface area contributed by atoms with Crippen LogP contribution in [0.5, 0.6) is 0 Å². The molecule has 0 aliphatic heterocycles. The number of pyridine rings is 1. The first-order valence-corrected chi connectivity index (χ1v) is 6.93. The molecule has 3 heteroatoms. The van der Waals surface area contributed by atoms with Crippen LogP contribution in [-0.2, 0) is 6.61 Å². The maximum Gasteiger partial charge on any atom is 0.0947 e. The van der Waals surface area contributed by atoms with Crippen LogP contribution in [0.15, 0.2) is 60.7 Å². The molecule has 2 heterocycles. The highest BCUT2D eigenvalue weighted by atomic mass is 16.3. The molecule has 21 heavy (non-hydrogen) atoms. The van der Waals surface area contributed by atoms with Gasteiger partial charge in [0, 0.05) is 21.9 Å². The molecule has 0 unspecified atom stereocenters. The van der Waals surface area contributed by atoms with E-state index in [-0.39, 0.29) is 6.61 Å². The largest absolute Gasteiger partial charge is 0.390 e. The van der Waals surface area contributed by atoms with Crippen LogP contribution < -0.4 is 0 Å². The zero-order valence-electron chi connectivity index (χ0n) is 11.4. The minimum absolute atomic E-state index is 0.0602. The third-order valence-corrected chi connectivity index (χ3v) is 3.76. The highest BCUT2D eigenvalue weighted by Crippen LogP contribution is 2.32. The van der Waals surface area contributed by atoms with Crippen LogP contribution in [0.3, 0.4) is 0 Å². The lowest BCUT2D eigenvalue weighted by Crippen LogP contribution is -1.93. The van der Waals surface area contributed by atoms with Crippen LogP contribution in [0.25, 0.3) is 33.1 Å². The van der Waals surface area contributed by atoms with E-state index < -0.39 is 0 Å². The van der Waals surface area contributed by atoms with Gasteiger partial charge in [-0.3, -0.25) is 0 Å². The monoisotopic (exact) mass is 274 g/mol. The number of nitrogens with one attached hydrogen (secondary N) is 1. The molecule has 0 aliphatic rings. The van der Waals surface area contributed by atoms with Crippen molar-refractivity contribution < 1.29 is 5.11 Å². The molecule has 0 saturated heterocycles. The van der Waals surface area contributed by atoms with Gasteiger partial charge >= 0.3 is 0 Å². The van der Waals surface area contributed by atoms with Crippen molar-refractivity contribution >= 4 is 21.8 Å².